The summed E-state index contributed by atoms with van der Waals surface area (Å²) >= 11 is 1.46. The Morgan fingerprint density at radius 1 is 1.06 bits per heavy atom. The highest BCUT2D eigenvalue weighted by Gasteiger charge is 2.13. The first-order valence-corrected chi connectivity index (χ1v) is 6.15. The van der Waals surface area contributed by atoms with Crippen molar-refractivity contribution in [2.45, 2.75) is 0 Å². The van der Waals surface area contributed by atoms with E-state index in [-0.39, 0.29) is 5.78 Å². The van der Waals surface area contributed by atoms with Gasteiger partial charge in [-0.1, -0.05) is 30.3 Å². The van der Waals surface area contributed by atoms with E-state index in [0.717, 1.165) is 15.6 Å². The van der Waals surface area contributed by atoms with Crippen molar-refractivity contribution >= 4 is 27.9 Å². The van der Waals surface area contributed by atoms with E-state index in [1.54, 1.807) is 12.4 Å². The van der Waals surface area contributed by atoms with Crippen LogP contribution in [0.5, 0.6) is 0 Å². The number of hydrogen-bond donors (Lipinski definition) is 0. The van der Waals surface area contributed by atoms with Crippen LogP contribution in [0.4, 0.5) is 0 Å². The van der Waals surface area contributed by atoms with Gasteiger partial charge in [0.25, 0.3) is 0 Å². The molecule has 3 aromatic rings. The molecule has 0 aliphatic rings. The molecule has 1 aromatic carbocycles. The molecule has 0 aliphatic carbocycles. The number of fused-ring (bicyclic) bond motifs is 1. The number of carbonyl (C=O) groups is 1. The molecule has 2 heterocycles. The Morgan fingerprint density at radius 3 is 2.76 bits per heavy atom. The molecule has 0 radical (unpaired) electrons. The average Bonchev–Trinajstić information content (AvgIpc) is 2.91. The van der Waals surface area contributed by atoms with E-state index >= 15 is 0 Å². The van der Waals surface area contributed by atoms with Gasteiger partial charge in [0.1, 0.15) is 0 Å². The molecule has 0 atom stereocenters. The maximum absolute atomic E-state index is 12.3. The van der Waals surface area contributed by atoms with Crippen LogP contribution in [-0.2, 0) is 0 Å². The van der Waals surface area contributed by atoms with Gasteiger partial charge in [0.05, 0.1) is 4.88 Å². The maximum atomic E-state index is 12.3. The monoisotopic (exact) mass is 239 g/mol. The largest absolute Gasteiger partial charge is 0.288 e. The lowest BCUT2D eigenvalue weighted by atomic mass is 10.0. The maximum Gasteiger partial charge on any atom is 0.205 e. The smallest absolute Gasteiger partial charge is 0.205 e. The molecule has 0 spiro atoms. The fourth-order valence-corrected chi connectivity index (χ4v) is 2.52. The molecule has 3 heteroatoms. The topological polar surface area (TPSA) is 30.0 Å². The van der Waals surface area contributed by atoms with Crippen LogP contribution in [0.15, 0.2) is 54.2 Å². The highest BCUT2D eigenvalue weighted by molar-refractivity contribution is 7.12. The summed E-state index contributed by atoms with van der Waals surface area (Å²) in [6, 6.07) is 11.5. The summed E-state index contributed by atoms with van der Waals surface area (Å²) in [7, 11) is 0. The van der Waals surface area contributed by atoms with Gasteiger partial charge >= 0.3 is 0 Å². The van der Waals surface area contributed by atoms with Crippen molar-refractivity contribution in [3.05, 3.63) is 64.6 Å². The van der Waals surface area contributed by atoms with Gasteiger partial charge in [0.15, 0.2) is 0 Å². The summed E-state index contributed by atoms with van der Waals surface area (Å²) in [6.45, 7) is 0. The van der Waals surface area contributed by atoms with Crippen molar-refractivity contribution in [3.63, 3.8) is 0 Å². The first-order chi connectivity index (χ1) is 8.36. The summed E-state index contributed by atoms with van der Waals surface area (Å²) in [5, 5.41) is 3.86. The molecular weight excluding hydrogens is 230 g/mol. The molecule has 0 unspecified atom stereocenters. The Balaban J connectivity index is 2.21. The third kappa shape index (κ3) is 1.74. The van der Waals surface area contributed by atoms with Crippen LogP contribution >= 0.6 is 11.3 Å². The van der Waals surface area contributed by atoms with Gasteiger partial charge in [-0.3, -0.25) is 9.78 Å². The highest BCUT2D eigenvalue weighted by atomic mass is 32.1. The van der Waals surface area contributed by atoms with Crippen LogP contribution in [0.2, 0.25) is 0 Å². The van der Waals surface area contributed by atoms with E-state index in [1.165, 1.54) is 11.3 Å². The second-order valence-corrected chi connectivity index (χ2v) is 4.66. The van der Waals surface area contributed by atoms with Crippen LogP contribution in [0.25, 0.3) is 10.8 Å². The summed E-state index contributed by atoms with van der Waals surface area (Å²) in [5.41, 5.74) is 0.672. The van der Waals surface area contributed by atoms with Crippen LogP contribution in [0.3, 0.4) is 0 Å². The average molecular weight is 239 g/mol. The van der Waals surface area contributed by atoms with Crippen molar-refractivity contribution in [2.75, 3.05) is 0 Å². The van der Waals surface area contributed by atoms with Crippen LogP contribution < -0.4 is 0 Å². The Hall–Kier alpha value is -2.00. The summed E-state index contributed by atoms with van der Waals surface area (Å²) in [6.07, 6.45) is 3.42. The number of aromatic nitrogens is 1. The van der Waals surface area contributed by atoms with Gasteiger partial charge in [-0.15, -0.1) is 11.3 Å². The predicted molar refractivity (Wildman–Crippen MR) is 69.5 cm³/mol. The van der Waals surface area contributed by atoms with Gasteiger partial charge in [-0.2, -0.15) is 0 Å². The van der Waals surface area contributed by atoms with Crippen molar-refractivity contribution < 1.29 is 4.79 Å². The first kappa shape index (κ1) is 10.2. The Morgan fingerprint density at radius 2 is 1.94 bits per heavy atom. The third-order valence-electron chi connectivity index (χ3n) is 2.66. The molecule has 2 nitrogen and oxygen atoms in total. The second kappa shape index (κ2) is 4.11. The number of hydrogen-bond acceptors (Lipinski definition) is 3. The van der Waals surface area contributed by atoms with E-state index in [2.05, 4.69) is 4.98 Å². The molecule has 82 valence electrons. The minimum absolute atomic E-state index is 0.0456. The number of ketones is 1. The van der Waals surface area contributed by atoms with Crippen molar-refractivity contribution in [1.82, 2.24) is 4.98 Å². The fourth-order valence-electron chi connectivity index (χ4n) is 1.84. The van der Waals surface area contributed by atoms with Gasteiger partial charge in [0.2, 0.25) is 5.78 Å². The predicted octanol–water partition coefficient (Wildman–Crippen LogP) is 3.53. The second-order valence-electron chi connectivity index (χ2n) is 3.71. The standard InChI is InChI=1S/C14H9NOS/c16-14(13-6-3-7-17-13)12-9-15-8-10-4-1-2-5-11(10)12/h1-9H. The number of benzene rings is 1. The molecule has 0 aliphatic heterocycles. The number of pyridine rings is 1. The van der Waals surface area contributed by atoms with Gasteiger partial charge in [-0.05, 0) is 16.8 Å². The summed E-state index contributed by atoms with van der Waals surface area (Å²) in [4.78, 5) is 17.2. The van der Waals surface area contributed by atoms with Crippen LogP contribution in [0.1, 0.15) is 15.2 Å². The SMILES string of the molecule is O=C(c1cccs1)c1cncc2ccccc12. The molecule has 0 N–H and O–H groups in total. The van der Waals surface area contributed by atoms with E-state index in [4.69, 9.17) is 0 Å². The molecule has 0 amide bonds. The molecule has 3 rings (SSSR count). The van der Waals surface area contributed by atoms with Crippen molar-refractivity contribution in [2.24, 2.45) is 0 Å². The van der Waals surface area contributed by atoms with Crippen LogP contribution in [0, 0.1) is 0 Å². The number of thiophene rings is 1. The quantitative estimate of drug-likeness (QED) is 0.640. The van der Waals surface area contributed by atoms with Crippen molar-refractivity contribution in [1.29, 1.82) is 0 Å². The fraction of sp³-hybridized carbons (Fsp3) is 0. The van der Waals surface area contributed by atoms with Crippen molar-refractivity contribution in [3.8, 4) is 0 Å². The summed E-state index contributed by atoms with van der Waals surface area (Å²) < 4.78 is 0. The molecule has 2 aromatic heterocycles. The third-order valence-corrected chi connectivity index (χ3v) is 3.53. The zero-order valence-corrected chi connectivity index (χ0v) is 9.78. The summed E-state index contributed by atoms with van der Waals surface area (Å²) in [5.74, 6) is 0.0456. The van der Waals surface area contributed by atoms with E-state index in [0.29, 0.717) is 5.56 Å². The Labute approximate surface area is 103 Å². The lowest BCUT2D eigenvalue weighted by Crippen LogP contribution is -2.00. The number of rotatable bonds is 2. The molecule has 17 heavy (non-hydrogen) atoms. The zero-order valence-electron chi connectivity index (χ0n) is 8.96. The van der Waals surface area contributed by atoms with E-state index < -0.39 is 0 Å². The molecule has 0 saturated carbocycles. The van der Waals surface area contributed by atoms with E-state index in [1.807, 2.05) is 41.8 Å². The highest BCUT2D eigenvalue weighted by Crippen LogP contribution is 2.21. The Bertz CT molecular complexity index is 668. The first-order valence-electron chi connectivity index (χ1n) is 5.27. The normalized spacial score (nSPS) is 10.6. The lowest BCUT2D eigenvalue weighted by molar-refractivity contribution is 0.104. The minimum Gasteiger partial charge on any atom is -0.288 e. The van der Waals surface area contributed by atoms with E-state index in [9.17, 15) is 4.79 Å². The zero-order chi connectivity index (χ0) is 11.7. The minimum atomic E-state index is 0.0456. The van der Waals surface area contributed by atoms with Gasteiger partial charge < -0.3 is 0 Å². The number of nitrogens with zero attached hydrogens (tertiary/aromatic N) is 1. The Kier molecular flexibility index (Phi) is 2.46. The molecule has 0 saturated heterocycles. The number of carbonyl (C=O) groups excluding carboxylic acids is 1. The molecule has 0 bridgehead atoms. The molecule has 0 fully saturated rings. The lowest BCUT2D eigenvalue weighted by Gasteiger charge is -2.03. The molecular formula is C14H9NOS. The van der Waals surface area contributed by atoms with Gasteiger partial charge in [0, 0.05) is 23.3 Å². The van der Waals surface area contributed by atoms with Crippen LogP contribution in [-0.4, -0.2) is 10.8 Å². The van der Waals surface area contributed by atoms with Gasteiger partial charge in [-0.25, -0.2) is 0 Å².